The molecule has 8 heteroatoms. The first kappa shape index (κ1) is 14.5. The third-order valence-corrected chi connectivity index (χ3v) is 5.96. The summed E-state index contributed by atoms with van der Waals surface area (Å²) in [5.74, 6) is 0.507. The minimum absolute atomic E-state index is 0.276. The summed E-state index contributed by atoms with van der Waals surface area (Å²) in [7, 11) is 0. The van der Waals surface area contributed by atoms with Gasteiger partial charge in [0.2, 0.25) is 5.95 Å². The Morgan fingerprint density at radius 1 is 1.42 bits per heavy atom. The van der Waals surface area contributed by atoms with Crippen molar-refractivity contribution in [2.75, 3.05) is 18.5 Å². The summed E-state index contributed by atoms with van der Waals surface area (Å²) < 4.78 is 7.06. The van der Waals surface area contributed by atoms with Gasteiger partial charge in [0.05, 0.1) is 28.1 Å². The van der Waals surface area contributed by atoms with E-state index in [1.165, 1.54) is 0 Å². The van der Waals surface area contributed by atoms with Gasteiger partial charge in [-0.3, -0.25) is 0 Å². The minimum Gasteiger partial charge on any atom is -0.389 e. The van der Waals surface area contributed by atoms with Gasteiger partial charge in [-0.1, -0.05) is 11.6 Å². The van der Waals surface area contributed by atoms with Crippen LogP contribution in [-0.2, 0) is 10.2 Å². The van der Waals surface area contributed by atoms with Crippen LogP contribution < -0.4 is 5.32 Å². The van der Waals surface area contributed by atoms with Crippen LogP contribution >= 0.6 is 11.6 Å². The van der Waals surface area contributed by atoms with Gasteiger partial charge in [0, 0.05) is 24.7 Å². The number of fused-ring (bicyclic) bond motifs is 2. The molecular weight excluding hydrogens is 330 g/mol. The van der Waals surface area contributed by atoms with E-state index in [0.29, 0.717) is 34.9 Å². The maximum atomic E-state index is 10.3. The zero-order chi connectivity index (χ0) is 16.5. The van der Waals surface area contributed by atoms with E-state index >= 15 is 0 Å². The molecule has 3 fully saturated rings. The second-order valence-electron chi connectivity index (χ2n) is 7.03. The van der Waals surface area contributed by atoms with Gasteiger partial charge in [-0.25, -0.2) is 9.50 Å². The van der Waals surface area contributed by atoms with Crippen LogP contribution in [0.15, 0.2) is 6.20 Å². The number of aliphatic hydroxyl groups is 1. The molecule has 24 heavy (non-hydrogen) atoms. The second kappa shape index (κ2) is 4.60. The van der Waals surface area contributed by atoms with E-state index in [-0.39, 0.29) is 11.5 Å². The fourth-order valence-corrected chi connectivity index (χ4v) is 4.15. The first-order valence-electron chi connectivity index (χ1n) is 8.12. The standard InChI is InChI=1S/C16H16ClN5O2/c17-12-10(5-18)13(15-7-16(15,23)8-15)22-11(12)6-19-14(21-22)20-9-1-3-24-4-2-9/h6,9,23H,1-4,7-8H2,(H,20,21). The molecule has 1 saturated heterocycles. The monoisotopic (exact) mass is 345 g/mol. The number of nitrogens with one attached hydrogen (secondary N) is 1. The van der Waals surface area contributed by atoms with Crippen LogP contribution in [0.25, 0.3) is 5.52 Å². The van der Waals surface area contributed by atoms with Crippen molar-refractivity contribution in [2.45, 2.75) is 42.7 Å². The van der Waals surface area contributed by atoms with Crippen LogP contribution in [0.4, 0.5) is 5.95 Å². The van der Waals surface area contributed by atoms with E-state index in [4.69, 9.17) is 16.3 Å². The molecule has 0 bridgehead atoms. The zero-order valence-electron chi connectivity index (χ0n) is 12.9. The number of ether oxygens (including phenoxy) is 1. The lowest BCUT2D eigenvalue weighted by molar-refractivity contribution is 0.0903. The highest BCUT2D eigenvalue weighted by Gasteiger charge is 2.85. The van der Waals surface area contributed by atoms with Crippen LogP contribution in [0.3, 0.4) is 0 Å². The van der Waals surface area contributed by atoms with Crippen molar-refractivity contribution >= 4 is 23.1 Å². The summed E-state index contributed by atoms with van der Waals surface area (Å²) in [6.07, 6.45) is 4.80. The molecule has 7 nitrogen and oxygen atoms in total. The average molecular weight is 346 g/mol. The van der Waals surface area contributed by atoms with Gasteiger partial charge in [-0.15, -0.1) is 5.10 Å². The third-order valence-electron chi connectivity index (χ3n) is 5.57. The first-order chi connectivity index (χ1) is 11.6. The van der Waals surface area contributed by atoms with Crippen LogP contribution in [0.2, 0.25) is 5.02 Å². The molecule has 0 unspecified atom stereocenters. The minimum atomic E-state index is -0.671. The molecule has 0 amide bonds. The third kappa shape index (κ3) is 1.79. The normalized spacial score (nSPS) is 31.5. The Morgan fingerprint density at radius 2 is 2.12 bits per heavy atom. The van der Waals surface area contributed by atoms with Gasteiger partial charge >= 0.3 is 0 Å². The molecule has 5 rings (SSSR count). The summed E-state index contributed by atoms with van der Waals surface area (Å²) >= 11 is 6.36. The van der Waals surface area contributed by atoms with Crippen LogP contribution in [0.1, 0.15) is 36.9 Å². The smallest absolute Gasteiger partial charge is 0.241 e. The second-order valence-corrected chi connectivity index (χ2v) is 7.40. The number of hydrogen-bond acceptors (Lipinski definition) is 6. The number of aromatic nitrogens is 3. The van der Waals surface area contributed by atoms with E-state index in [1.807, 2.05) is 0 Å². The lowest BCUT2D eigenvalue weighted by Gasteiger charge is -2.23. The van der Waals surface area contributed by atoms with Gasteiger partial charge < -0.3 is 15.2 Å². The van der Waals surface area contributed by atoms with Crippen molar-refractivity contribution in [3.05, 3.63) is 22.5 Å². The number of anilines is 1. The van der Waals surface area contributed by atoms with Crippen molar-refractivity contribution in [1.82, 2.24) is 14.6 Å². The van der Waals surface area contributed by atoms with Crippen LogP contribution in [-0.4, -0.2) is 44.6 Å². The van der Waals surface area contributed by atoms with Gasteiger partial charge in [0.25, 0.3) is 0 Å². The molecule has 3 aliphatic rings. The Bertz CT molecular complexity index is 890. The fourth-order valence-electron chi connectivity index (χ4n) is 3.89. The highest BCUT2D eigenvalue weighted by atomic mass is 35.5. The summed E-state index contributed by atoms with van der Waals surface area (Å²) in [6, 6.07) is 2.45. The number of halogens is 1. The maximum absolute atomic E-state index is 10.3. The maximum Gasteiger partial charge on any atom is 0.241 e. The molecular formula is C16H16ClN5O2. The first-order valence-corrected chi connectivity index (χ1v) is 8.50. The Labute approximate surface area is 143 Å². The van der Waals surface area contributed by atoms with Crippen molar-refractivity contribution in [2.24, 2.45) is 0 Å². The van der Waals surface area contributed by atoms with E-state index in [9.17, 15) is 10.4 Å². The molecule has 1 aliphatic heterocycles. The Hall–Kier alpha value is -1.88. The van der Waals surface area contributed by atoms with Crippen LogP contribution in [0, 0.1) is 11.3 Å². The SMILES string of the molecule is N#Cc1c(Cl)c2cnc(NC3CCOCC3)nn2c1C12CC1(O)C2. The molecule has 2 aliphatic carbocycles. The predicted octanol–water partition coefficient (Wildman–Crippen LogP) is 1.62. The highest BCUT2D eigenvalue weighted by molar-refractivity contribution is 6.35. The number of nitrogens with zero attached hydrogens (tertiary/aromatic N) is 4. The molecule has 0 radical (unpaired) electrons. The molecule has 0 aromatic carbocycles. The lowest BCUT2D eigenvalue weighted by atomic mass is 10.1. The number of rotatable bonds is 3. The zero-order valence-corrected chi connectivity index (χ0v) is 13.7. The fraction of sp³-hybridized carbons (Fsp3) is 0.562. The van der Waals surface area contributed by atoms with Crippen molar-refractivity contribution in [3.8, 4) is 6.07 Å². The Kier molecular flexibility index (Phi) is 2.77. The summed E-state index contributed by atoms with van der Waals surface area (Å²) in [5, 5.41) is 28.1. The van der Waals surface area contributed by atoms with Gasteiger partial charge in [0.15, 0.2) is 0 Å². The molecule has 0 atom stereocenters. The molecule has 3 heterocycles. The summed E-state index contributed by atoms with van der Waals surface area (Å²) in [5.41, 5.74) is 0.720. The summed E-state index contributed by atoms with van der Waals surface area (Å²) in [6.45, 7) is 1.46. The Balaban J connectivity index is 1.59. The van der Waals surface area contributed by atoms with Crippen molar-refractivity contribution < 1.29 is 9.84 Å². The van der Waals surface area contributed by atoms with Gasteiger partial charge in [-0.2, -0.15) is 5.26 Å². The molecule has 0 spiro atoms. The molecule has 2 saturated carbocycles. The highest BCUT2D eigenvalue weighted by Crippen LogP contribution is 2.79. The van der Waals surface area contributed by atoms with E-state index in [2.05, 4.69) is 21.5 Å². The van der Waals surface area contributed by atoms with E-state index in [0.717, 1.165) is 31.7 Å². The van der Waals surface area contributed by atoms with E-state index in [1.54, 1.807) is 10.7 Å². The van der Waals surface area contributed by atoms with E-state index < -0.39 is 5.60 Å². The van der Waals surface area contributed by atoms with Crippen molar-refractivity contribution in [3.63, 3.8) is 0 Å². The molecule has 2 N–H and O–H groups in total. The van der Waals surface area contributed by atoms with Crippen LogP contribution in [0.5, 0.6) is 0 Å². The number of hydrogen-bond donors (Lipinski definition) is 2. The predicted molar refractivity (Wildman–Crippen MR) is 86.0 cm³/mol. The molecule has 124 valence electrons. The largest absolute Gasteiger partial charge is 0.389 e. The lowest BCUT2D eigenvalue weighted by Crippen LogP contribution is -2.29. The quantitative estimate of drug-likeness (QED) is 0.877. The topological polar surface area (TPSA) is 95.5 Å². The number of nitriles is 1. The average Bonchev–Trinajstić information content (AvgIpc) is 3.32. The Morgan fingerprint density at radius 3 is 2.75 bits per heavy atom. The van der Waals surface area contributed by atoms with Gasteiger partial charge in [0.1, 0.15) is 11.6 Å². The molecule has 2 aromatic heterocycles. The summed E-state index contributed by atoms with van der Waals surface area (Å²) in [4.78, 5) is 4.34. The molecule has 2 aromatic rings. The van der Waals surface area contributed by atoms with Crippen molar-refractivity contribution in [1.29, 1.82) is 5.26 Å². The van der Waals surface area contributed by atoms with Gasteiger partial charge in [-0.05, 0) is 25.7 Å².